The average Bonchev–Trinajstić information content (AvgIpc) is 3.37. The molecule has 11 rings (SSSR count). The fourth-order valence-electron chi connectivity index (χ4n) is 14.0. The van der Waals surface area contributed by atoms with Crippen LogP contribution in [0.5, 0.6) is 0 Å². The Bertz CT molecular complexity index is 2230. The van der Waals surface area contributed by atoms with Gasteiger partial charge in [0, 0.05) is 64.7 Å². The van der Waals surface area contributed by atoms with E-state index in [1.807, 2.05) is 6.92 Å². The van der Waals surface area contributed by atoms with Crippen LogP contribution in [0.15, 0.2) is 11.3 Å². The van der Waals surface area contributed by atoms with Crippen molar-refractivity contribution in [1.82, 2.24) is 0 Å². The number of hydrogen-bond acceptors (Lipinski definition) is 19. The Kier molecular flexibility index (Phi) is 13.1. The van der Waals surface area contributed by atoms with Gasteiger partial charge in [-0.15, -0.1) is 0 Å². The van der Waals surface area contributed by atoms with E-state index in [0.29, 0.717) is 63.5 Å². The number of ether oxygens (including phenoxy) is 11. The van der Waals surface area contributed by atoms with Crippen molar-refractivity contribution in [2.75, 3.05) is 6.61 Å². The SMILES string of the molecule is CC(=O)C1=C(C)CC2OC3C(CC2O1)OC1CC2OC4CC5OC6CC7OC8CC9OC(C)(CCOS(=O)(=O)O)C(OS(=O)(=O)O)CC9OC8CC7OC6CCC5(C)OC4(C)CCCC2OC1C3O. The Hall–Kier alpha value is -1.49. The molecule has 0 aromatic carbocycles. The van der Waals surface area contributed by atoms with E-state index in [9.17, 15) is 31.3 Å². The van der Waals surface area contributed by atoms with Crippen molar-refractivity contribution in [3.63, 3.8) is 0 Å². The largest absolute Gasteiger partial charge is 0.484 e. The lowest BCUT2D eigenvalue weighted by Gasteiger charge is -2.57. The monoisotopic (exact) mass is 1020 g/mol. The molecule has 0 aromatic rings. The minimum absolute atomic E-state index is 0.00899. The third kappa shape index (κ3) is 9.63. The lowest BCUT2D eigenvalue weighted by atomic mass is 9.76. The Morgan fingerprint density at radius 1 is 0.623 bits per heavy atom. The highest BCUT2D eigenvalue weighted by Gasteiger charge is 2.62. The molecule has 23 atom stereocenters. The lowest BCUT2D eigenvalue weighted by Crippen LogP contribution is -2.68. The Morgan fingerprint density at radius 2 is 1.14 bits per heavy atom. The van der Waals surface area contributed by atoms with Gasteiger partial charge in [-0.2, -0.15) is 16.8 Å². The van der Waals surface area contributed by atoms with E-state index in [-0.39, 0.29) is 79.7 Å². The van der Waals surface area contributed by atoms with Crippen LogP contribution in [0.25, 0.3) is 0 Å². The van der Waals surface area contributed by atoms with Crippen molar-refractivity contribution < 1.29 is 96.3 Å². The number of fused-ring (bicyclic) bond motifs is 10. The van der Waals surface area contributed by atoms with E-state index in [1.165, 1.54) is 13.8 Å². The van der Waals surface area contributed by atoms with Crippen molar-refractivity contribution in [1.29, 1.82) is 0 Å². The predicted molar refractivity (Wildman–Crippen MR) is 233 cm³/mol. The van der Waals surface area contributed by atoms with Crippen LogP contribution >= 0.6 is 0 Å². The minimum atomic E-state index is -4.93. The summed E-state index contributed by atoms with van der Waals surface area (Å²) in [7, 11) is -9.71. The summed E-state index contributed by atoms with van der Waals surface area (Å²) in [4.78, 5) is 12.3. The quantitative estimate of drug-likeness (QED) is 0.310. The van der Waals surface area contributed by atoms with E-state index in [0.717, 1.165) is 24.8 Å². The normalized spacial score (nSPS) is 51.8. The zero-order valence-electron chi connectivity index (χ0n) is 39.7. The molecule has 0 bridgehead atoms. The summed E-state index contributed by atoms with van der Waals surface area (Å²) in [5.41, 5.74) is -1.83. The van der Waals surface area contributed by atoms with E-state index in [4.69, 9.17) is 60.8 Å². The molecule has 0 radical (unpaired) electrons. The van der Waals surface area contributed by atoms with Crippen molar-refractivity contribution >= 4 is 26.6 Å². The highest BCUT2D eigenvalue weighted by Crippen LogP contribution is 2.52. The second kappa shape index (κ2) is 18.1. The van der Waals surface area contributed by atoms with E-state index >= 15 is 0 Å². The van der Waals surface area contributed by atoms with Gasteiger partial charge in [-0.3, -0.25) is 13.9 Å². The lowest BCUT2D eigenvalue weighted by molar-refractivity contribution is -0.341. The Balaban J connectivity index is 0.745. The number of aliphatic hydroxyl groups excluding tert-OH is 1. The van der Waals surface area contributed by atoms with E-state index < -0.39 is 105 Å². The standard InChI is InChI=1S/C46H68O21S2/c1-21-13-25-32(63-41(21)22(2)47)18-36-43(64-25)40(48)42-35(59-36)17-27-23(62-42)7-6-9-45(4)37(61-27)20-38-46(5,67-45)10-8-24-26(60-38)14-29-28(56-24)15-30-31(57-29)16-34-33(58-30)19-39(66-69(52,53)54)44(3,65-34)11-12-55-68(49,50)51/h23-40,42-43,48H,6-20H2,1-5H3,(H,49,50,51)(H,52,53,54). The van der Waals surface area contributed by atoms with Crippen LogP contribution in [0.4, 0.5) is 0 Å². The summed E-state index contributed by atoms with van der Waals surface area (Å²) in [6, 6.07) is 0. The molecule has 23 unspecified atom stereocenters. The number of carbonyl (C=O) groups excluding carboxylic acids is 1. The molecular formula is C46H68O21S2. The van der Waals surface area contributed by atoms with Gasteiger partial charge in [0.05, 0.1) is 115 Å². The number of Topliss-reactive ketones (excluding diaryl/α,β-unsaturated/α-hetero) is 1. The van der Waals surface area contributed by atoms with Crippen LogP contribution in [0.2, 0.25) is 0 Å². The molecule has 11 aliphatic heterocycles. The fraction of sp³-hybridized carbons (Fsp3) is 0.935. The van der Waals surface area contributed by atoms with Crippen molar-refractivity contribution in [3.8, 4) is 0 Å². The van der Waals surface area contributed by atoms with Gasteiger partial charge in [0.2, 0.25) is 0 Å². The summed E-state index contributed by atoms with van der Waals surface area (Å²) in [5.74, 6) is 0.273. The molecule has 0 aromatic heterocycles. The van der Waals surface area contributed by atoms with Crippen molar-refractivity contribution in [2.45, 2.75) is 263 Å². The number of hydrogen-bond donors (Lipinski definition) is 3. The fourth-order valence-corrected chi connectivity index (χ4v) is 14.8. The molecule has 10 fully saturated rings. The summed E-state index contributed by atoms with van der Waals surface area (Å²) >= 11 is 0. The highest BCUT2D eigenvalue weighted by atomic mass is 32.3. The zero-order valence-corrected chi connectivity index (χ0v) is 41.3. The second-order valence-corrected chi connectivity index (χ2v) is 24.4. The van der Waals surface area contributed by atoms with Crippen molar-refractivity contribution in [2.24, 2.45) is 0 Å². The molecule has 23 heteroatoms. The third-order valence-electron chi connectivity index (χ3n) is 17.4. The van der Waals surface area contributed by atoms with Gasteiger partial charge in [-0.05, 0) is 65.4 Å². The third-order valence-corrected chi connectivity index (χ3v) is 18.3. The van der Waals surface area contributed by atoms with E-state index in [2.05, 4.69) is 18.0 Å². The molecule has 11 heterocycles. The van der Waals surface area contributed by atoms with Crippen LogP contribution in [-0.2, 0) is 86.1 Å². The van der Waals surface area contributed by atoms with Gasteiger partial charge in [-0.1, -0.05) is 0 Å². The van der Waals surface area contributed by atoms with Gasteiger partial charge >= 0.3 is 20.8 Å². The average molecular weight is 1020 g/mol. The minimum Gasteiger partial charge on any atom is -0.484 e. The van der Waals surface area contributed by atoms with Crippen LogP contribution in [0.3, 0.4) is 0 Å². The molecule has 11 aliphatic rings. The molecule has 0 spiro atoms. The summed E-state index contributed by atoms with van der Waals surface area (Å²) in [5, 5.41) is 11.8. The number of allylic oxidation sites excluding steroid dienone is 1. The molecular weight excluding hydrogens is 953 g/mol. The van der Waals surface area contributed by atoms with Gasteiger partial charge in [-0.25, -0.2) is 8.37 Å². The molecule has 10 saturated heterocycles. The second-order valence-electron chi connectivity index (χ2n) is 22.3. The molecule has 0 aliphatic carbocycles. The Labute approximate surface area is 403 Å². The molecule has 3 N–H and O–H groups in total. The highest BCUT2D eigenvalue weighted by molar-refractivity contribution is 7.81. The maximum absolute atomic E-state index is 12.3. The van der Waals surface area contributed by atoms with Gasteiger partial charge < -0.3 is 57.2 Å². The summed E-state index contributed by atoms with van der Waals surface area (Å²) < 4.78 is 149. The van der Waals surface area contributed by atoms with Gasteiger partial charge in [0.15, 0.2) is 11.5 Å². The van der Waals surface area contributed by atoms with Gasteiger partial charge in [0.1, 0.15) is 30.5 Å². The molecule has 390 valence electrons. The summed E-state index contributed by atoms with van der Waals surface area (Å²) in [6.45, 7) is 8.67. The number of ketones is 1. The first kappa shape index (κ1) is 49.7. The van der Waals surface area contributed by atoms with Crippen molar-refractivity contribution in [3.05, 3.63) is 11.3 Å². The zero-order chi connectivity index (χ0) is 48.6. The number of rotatable bonds is 7. The maximum atomic E-state index is 12.3. The van der Waals surface area contributed by atoms with Gasteiger partial charge in [0.25, 0.3) is 0 Å². The topological polar surface area (TPSA) is 266 Å². The number of aliphatic hydroxyl groups is 1. The van der Waals surface area contributed by atoms with Crippen LogP contribution in [0, 0.1) is 0 Å². The Morgan fingerprint density at radius 3 is 1.77 bits per heavy atom. The molecule has 0 amide bonds. The van der Waals surface area contributed by atoms with Crippen LogP contribution in [0.1, 0.15) is 125 Å². The molecule has 69 heavy (non-hydrogen) atoms. The van der Waals surface area contributed by atoms with E-state index in [1.54, 1.807) is 0 Å². The maximum Gasteiger partial charge on any atom is 0.397 e. The first-order valence-electron chi connectivity index (χ1n) is 25.0. The summed E-state index contributed by atoms with van der Waals surface area (Å²) in [6.07, 6.45) is -2.05. The smallest absolute Gasteiger partial charge is 0.397 e. The number of carbonyl (C=O) groups is 1. The van der Waals surface area contributed by atoms with Crippen LogP contribution < -0.4 is 0 Å². The first-order valence-corrected chi connectivity index (χ1v) is 27.7. The predicted octanol–water partition coefficient (Wildman–Crippen LogP) is 2.92. The molecule has 21 nitrogen and oxygen atoms in total. The van der Waals surface area contributed by atoms with Crippen LogP contribution in [-0.4, -0.2) is 182 Å². The molecule has 0 saturated carbocycles. The first-order chi connectivity index (χ1) is 32.5.